The van der Waals surface area contributed by atoms with E-state index in [-0.39, 0.29) is 24.5 Å². The third kappa shape index (κ3) is 2.82. The van der Waals surface area contributed by atoms with Crippen LogP contribution in [0.15, 0.2) is 29.2 Å². The van der Waals surface area contributed by atoms with Crippen molar-refractivity contribution in [2.45, 2.75) is 43.6 Å². The molecule has 2 fully saturated rings. The summed E-state index contributed by atoms with van der Waals surface area (Å²) in [6, 6.07) is 5.35. The second kappa shape index (κ2) is 6.36. The molecule has 8 nitrogen and oxygen atoms in total. The van der Waals surface area contributed by atoms with E-state index in [2.05, 4.69) is 0 Å². The number of esters is 1. The van der Waals surface area contributed by atoms with Crippen molar-refractivity contribution in [2.75, 3.05) is 13.2 Å². The lowest BCUT2D eigenvalue weighted by molar-refractivity contribution is -0.149. The van der Waals surface area contributed by atoms with Crippen molar-refractivity contribution in [3.05, 3.63) is 29.8 Å². The highest BCUT2D eigenvalue weighted by molar-refractivity contribution is 7.89. The Morgan fingerprint density at radius 2 is 2.00 bits per heavy atom. The molecule has 2 heterocycles. The predicted octanol–water partition coefficient (Wildman–Crippen LogP) is 0.0124. The Morgan fingerprint density at radius 3 is 2.54 bits per heavy atom. The number of rotatable bonds is 5. The van der Waals surface area contributed by atoms with Gasteiger partial charge in [0.05, 0.1) is 11.5 Å². The maximum absolute atomic E-state index is 12.9. The number of hydrogen-bond acceptors (Lipinski definition) is 6. The molecule has 0 aromatic heterocycles. The van der Waals surface area contributed by atoms with Crippen LogP contribution < -0.4 is 0 Å². The van der Waals surface area contributed by atoms with Crippen molar-refractivity contribution >= 4 is 29.0 Å². The van der Waals surface area contributed by atoms with Gasteiger partial charge in [0.2, 0.25) is 15.9 Å². The molecule has 2 aliphatic rings. The average molecular weight is 380 g/mol. The maximum Gasteiger partial charge on any atom is 0.412 e. The highest BCUT2D eigenvalue weighted by atomic mass is 32.2. The van der Waals surface area contributed by atoms with Crippen molar-refractivity contribution < 1.29 is 27.8 Å². The number of carbonyl (C=O) groups is 2. The van der Waals surface area contributed by atoms with Gasteiger partial charge in [0.15, 0.2) is 0 Å². The molecule has 1 N–H and O–H groups in total. The Morgan fingerprint density at radius 1 is 1.38 bits per heavy atom. The predicted molar refractivity (Wildman–Crippen MR) is 93.5 cm³/mol. The molecule has 3 atom stereocenters. The minimum atomic E-state index is -3.87. The van der Waals surface area contributed by atoms with Gasteiger partial charge in [-0.25, -0.2) is 13.2 Å². The van der Waals surface area contributed by atoms with E-state index < -0.39 is 40.5 Å². The fourth-order valence-corrected chi connectivity index (χ4v) is 5.18. The van der Waals surface area contributed by atoms with Gasteiger partial charge in [0.1, 0.15) is 11.6 Å². The first kappa shape index (κ1) is 18.9. The number of hydrogen-bond donors (Lipinski definition) is 1. The number of aryl methyl sites for hydroxylation is 1. The van der Waals surface area contributed by atoms with E-state index in [0.717, 1.165) is 14.7 Å². The summed E-state index contributed by atoms with van der Waals surface area (Å²) < 4.78 is 31.8. The Bertz CT molecular complexity index is 841. The molecule has 2 aliphatic heterocycles. The smallest absolute Gasteiger partial charge is 0.412 e. The molecule has 1 aromatic rings. The first-order valence-electron chi connectivity index (χ1n) is 8.42. The van der Waals surface area contributed by atoms with Crippen LogP contribution in [0.3, 0.4) is 0 Å². The summed E-state index contributed by atoms with van der Waals surface area (Å²) in [7, 11) is -5.09. The van der Waals surface area contributed by atoms with Gasteiger partial charge in [0, 0.05) is 13.0 Å². The molecular formula is C16H21BN2O6S. The summed E-state index contributed by atoms with van der Waals surface area (Å²) in [6.07, 6.45) is -0.0271. The zero-order valence-electron chi connectivity index (χ0n) is 14.9. The topological polar surface area (TPSA) is 104 Å². The van der Waals surface area contributed by atoms with Crippen molar-refractivity contribution in [1.82, 2.24) is 9.12 Å². The van der Waals surface area contributed by atoms with E-state index in [1.54, 1.807) is 19.1 Å². The lowest BCUT2D eigenvalue weighted by Gasteiger charge is -2.23. The van der Waals surface area contributed by atoms with Gasteiger partial charge in [-0.2, -0.15) is 4.31 Å². The number of ether oxygens (including phenoxy) is 1. The third-order valence-electron chi connectivity index (χ3n) is 4.85. The molecule has 1 aromatic carbocycles. The van der Waals surface area contributed by atoms with Crippen LogP contribution in [0, 0.1) is 6.92 Å². The minimum absolute atomic E-state index is 0.0127. The zero-order valence-corrected chi connectivity index (χ0v) is 15.7. The molecule has 1 amide bonds. The molecule has 10 heteroatoms. The van der Waals surface area contributed by atoms with E-state index >= 15 is 0 Å². The Hall–Kier alpha value is -1.91. The molecule has 0 bridgehead atoms. The van der Waals surface area contributed by atoms with Crippen molar-refractivity contribution in [3.63, 3.8) is 0 Å². The molecule has 3 rings (SSSR count). The maximum atomic E-state index is 12.9. The van der Waals surface area contributed by atoms with Crippen LogP contribution in [-0.4, -0.2) is 66.2 Å². The lowest BCUT2D eigenvalue weighted by Crippen LogP contribution is -2.49. The largest absolute Gasteiger partial charge is 0.464 e. The van der Waals surface area contributed by atoms with Crippen molar-refractivity contribution in [2.24, 2.45) is 0 Å². The van der Waals surface area contributed by atoms with Crippen LogP contribution >= 0.6 is 0 Å². The summed E-state index contributed by atoms with van der Waals surface area (Å²) in [5, 5.41) is 9.94. The molecular weight excluding hydrogens is 359 g/mol. The molecule has 2 saturated heterocycles. The Labute approximate surface area is 152 Å². The number of amides is 1. The van der Waals surface area contributed by atoms with Crippen LogP contribution in [-0.2, 0) is 24.3 Å². The summed E-state index contributed by atoms with van der Waals surface area (Å²) >= 11 is 0. The minimum Gasteiger partial charge on any atom is -0.464 e. The first-order chi connectivity index (χ1) is 12.1. The van der Waals surface area contributed by atoms with Crippen LogP contribution in [0.25, 0.3) is 0 Å². The lowest BCUT2D eigenvalue weighted by atomic mass is 9.84. The summed E-state index contributed by atoms with van der Waals surface area (Å²) in [4.78, 5) is 26.1. The average Bonchev–Trinajstić information content (AvgIpc) is 3.23. The van der Waals surface area contributed by atoms with E-state index in [9.17, 15) is 23.0 Å². The van der Waals surface area contributed by atoms with Gasteiger partial charge < -0.3 is 14.6 Å². The number of nitrogens with zero attached hydrogens (tertiary/aromatic N) is 2. The fraction of sp³-hybridized carbons (Fsp3) is 0.500. The number of sulfonamides is 1. The van der Waals surface area contributed by atoms with Crippen LogP contribution in [0.4, 0.5) is 0 Å². The van der Waals surface area contributed by atoms with E-state index in [4.69, 9.17) is 4.74 Å². The summed E-state index contributed by atoms with van der Waals surface area (Å²) in [5.41, 5.74) is -0.401. The second-order valence-electron chi connectivity index (χ2n) is 6.67. The summed E-state index contributed by atoms with van der Waals surface area (Å²) in [6.45, 7) is 4.98. The van der Waals surface area contributed by atoms with E-state index in [1.807, 2.05) is 6.92 Å². The first-order valence-corrected chi connectivity index (χ1v) is 9.86. The highest BCUT2D eigenvalue weighted by Gasteiger charge is 2.71. The quantitative estimate of drug-likeness (QED) is 0.439. The summed E-state index contributed by atoms with van der Waals surface area (Å²) in [5.74, 6) is -1.21. The van der Waals surface area contributed by atoms with Gasteiger partial charge in [-0.15, -0.1) is 0 Å². The van der Waals surface area contributed by atoms with Crippen molar-refractivity contribution in [1.29, 1.82) is 0 Å². The van der Waals surface area contributed by atoms with Gasteiger partial charge in [0.25, 0.3) is 0 Å². The van der Waals surface area contributed by atoms with E-state index in [0.29, 0.717) is 0 Å². The molecule has 0 aliphatic carbocycles. The number of carbonyl (C=O) groups excluding carboxylic acids is 2. The highest BCUT2D eigenvalue weighted by Crippen LogP contribution is 2.48. The van der Waals surface area contributed by atoms with Gasteiger partial charge in [-0.05, 0) is 32.8 Å². The van der Waals surface area contributed by atoms with Crippen molar-refractivity contribution in [3.8, 4) is 0 Å². The SMILES string of the molecule is CCOC(=O)[C@@H]1C[C@@]2(C[N@]2S(=O)(=O)c2ccc(C)cc2)C(=O)N1B(C)O. The zero-order chi connectivity index (χ0) is 19.3. The standard InChI is InChI=1S/C16H21BN2O6S/c1-4-25-14(20)13-9-16(15(21)19(13)17(3)22)10-18(16)26(23,24)12-7-5-11(2)6-8-12/h5-8,13,22H,4,9-10H2,1-3H3/t13-,16+,18-/m0/s1. The number of benzene rings is 1. The molecule has 140 valence electrons. The van der Waals surface area contributed by atoms with E-state index in [1.165, 1.54) is 19.0 Å². The normalized spacial score (nSPS) is 27.7. The van der Waals surface area contributed by atoms with Gasteiger partial charge in [-0.3, -0.25) is 4.79 Å². The molecule has 0 unspecified atom stereocenters. The third-order valence-corrected chi connectivity index (χ3v) is 6.78. The van der Waals surface area contributed by atoms with Gasteiger partial charge in [-0.1, -0.05) is 17.7 Å². The molecule has 26 heavy (non-hydrogen) atoms. The van der Waals surface area contributed by atoms with Crippen LogP contribution in [0.2, 0.25) is 6.82 Å². The van der Waals surface area contributed by atoms with Crippen LogP contribution in [0.1, 0.15) is 18.9 Å². The Balaban J connectivity index is 1.91. The Kier molecular flexibility index (Phi) is 4.62. The fourth-order valence-electron chi connectivity index (χ4n) is 3.45. The van der Waals surface area contributed by atoms with Gasteiger partial charge >= 0.3 is 13.0 Å². The molecule has 0 saturated carbocycles. The molecule has 0 radical (unpaired) electrons. The second-order valence-corrected chi connectivity index (χ2v) is 8.53. The monoisotopic (exact) mass is 380 g/mol. The molecule has 1 spiro atoms. The van der Waals surface area contributed by atoms with Crippen LogP contribution in [0.5, 0.6) is 0 Å².